The summed E-state index contributed by atoms with van der Waals surface area (Å²) in [6.45, 7) is 1.87. The van der Waals surface area contributed by atoms with Gasteiger partial charge in [0.15, 0.2) is 0 Å². The fraction of sp³-hybridized carbons (Fsp3) is 0.353. The largest absolute Gasteiger partial charge is 0.365 e. The number of rotatable bonds is 4. The maximum atomic E-state index is 12.5. The van der Waals surface area contributed by atoms with E-state index in [1.807, 2.05) is 24.4 Å². The molecule has 4 N–H and O–H groups in total. The van der Waals surface area contributed by atoms with Crippen molar-refractivity contribution < 1.29 is 9.59 Å². The monoisotopic (exact) mass is 345 g/mol. The second-order valence-electron chi connectivity index (χ2n) is 6.00. The number of carbonyl (C=O) groups is 2. The molecule has 2 aromatic rings. The van der Waals surface area contributed by atoms with Crippen LogP contribution in [-0.2, 0) is 11.2 Å². The van der Waals surface area contributed by atoms with Crippen LogP contribution in [0.1, 0.15) is 58.2 Å². The number of H-pyrrole nitrogens is 1. The van der Waals surface area contributed by atoms with Gasteiger partial charge in [0.05, 0.1) is 12.0 Å². The van der Waals surface area contributed by atoms with Gasteiger partial charge in [0.2, 0.25) is 5.91 Å². The van der Waals surface area contributed by atoms with Gasteiger partial charge >= 0.3 is 0 Å². The molecular weight excluding hydrogens is 326 g/mol. The molecule has 0 radical (unpaired) electrons. The highest BCUT2D eigenvalue weighted by molar-refractivity contribution is 7.10. The first-order valence-corrected chi connectivity index (χ1v) is 8.75. The van der Waals surface area contributed by atoms with Crippen molar-refractivity contribution in [1.29, 1.82) is 0 Å². The smallest absolute Gasteiger partial charge is 0.261 e. The van der Waals surface area contributed by atoms with Crippen LogP contribution >= 0.6 is 11.3 Å². The molecule has 2 aromatic heterocycles. The van der Waals surface area contributed by atoms with Gasteiger partial charge in [-0.1, -0.05) is 6.07 Å². The number of hydrogen-bond acceptors (Lipinski definition) is 4. The number of thiophene rings is 1. The minimum atomic E-state index is -0.762. The number of nitrogens with one attached hydrogen (secondary N) is 2. The second kappa shape index (κ2) is 6.60. The van der Waals surface area contributed by atoms with Crippen molar-refractivity contribution >= 4 is 23.2 Å². The molecule has 1 aliphatic carbocycles. The summed E-state index contributed by atoms with van der Waals surface area (Å²) >= 11 is 1.55. The number of aromatic nitrogens is 1. The molecule has 0 saturated carbocycles. The molecule has 0 aliphatic heterocycles. The van der Waals surface area contributed by atoms with E-state index < -0.39 is 11.5 Å². The van der Waals surface area contributed by atoms with Gasteiger partial charge in [0.25, 0.3) is 11.5 Å². The van der Waals surface area contributed by atoms with E-state index in [2.05, 4.69) is 10.3 Å². The van der Waals surface area contributed by atoms with Crippen molar-refractivity contribution in [2.45, 2.75) is 38.1 Å². The SMILES string of the molecule is C[C@@H](C(=O)N[C@@H]1CCCc2[nH]c(=O)c(C(N)=O)cc21)c1cccs1. The van der Waals surface area contributed by atoms with Gasteiger partial charge in [0.1, 0.15) is 5.56 Å². The highest BCUT2D eigenvalue weighted by Crippen LogP contribution is 2.29. The van der Waals surface area contributed by atoms with Crippen LogP contribution in [0.4, 0.5) is 0 Å². The van der Waals surface area contributed by atoms with Gasteiger partial charge in [0, 0.05) is 10.6 Å². The molecule has 0 fully saturated rings. The summed E-state index contributed by atoms with van der Waals surface area (Å²) in [7, 11) is 0. The number of nitrogens with two attached hydrogens (primary N) is 1. The predicted molar refractivity (Wildman–Crippen MR) is 92.1 cm³/mol. The van der Waals surface area contributed by atoms with E-state index in [1.54, 1.807) is 11.3 Å². The number of carbonyl (C=O) groups excluding carboxylic acids is 2. The maximum absolute atomic E-state index is 12.5. The van der Waals surface area contributed by atoms with Gasteiger partial charge in [-0.3, -0.25) is 14.4 Å². The fourth-order valence-electron chi connectivity index (χ4n) is 3.04. The molecule has 7 heteroatoms. The summed E-state index contributed by atoms with van der Waals surface area (Å²) < 4.78 is 0. The summed E-state index contributed by atoms with van der Waals surface area (Å²) in [5.74, 6) is -1.07. The molecule has 3 rings (SSSR count). The Kier molecular flexibility index (Phi) is 4.53. The first-order valence-electron chi connectivity index (χ1n) is 7.87. The topological polar surface area (TPSA) is 105 Å². The van der Waals surface area contributed by atoms with Crippen LogP contribution < -0.4 is 16.6 Å². The van der Waals surface area contributed by atoms with Crippen LogP contribution in [0.25, 0.3) is 0 Å². The lowest BCUT2D eigenvalue weighted by Gasteiger charge is -2.27. The van der Waals surface area contributed by atoms with E-state index in [0.29, 0.717) is 0 Å². The minimum Gasteiger partial charge on any atom is -0.365 e. The first-order chi connectivity index (χ1) is 11.5. The lowest BCUT2D eigenvalue weighted by molar-refractivity contribution is -0.123. The van der Waals surface area contributed by atoms with Crippen LogP contribution in [-0.4, -0.2) is 16.8 Å². The fourth-order valence-corrected chi connectivity index (χ4v) is 3.82. The summed E-state index contributed by atoms with van der Waals surface area (Å²) in [5.41, 5.74) is 6.27. The third-order valence-electron chi connectivity index (χ3n) is 4.40. The third kappa shape index (κ3) is 3.12. The summed E-state index contributed by atoms with van der Waals surface area (Å²) in [6.07, 6.45) is 2.34. The van der Waals surface area contributed by atoms with Gasteiger partial charge < -0.3 is 16.0 Å². The molecule has 6 nitrogen and oxygen atoms in total. The molecule has 126 valence electrons. The quantitative estimate of drug-likeness (QED) is 0.787. The number of amides is 2. The standard InChI is InChI=1S/C17H19N3O3S/c1-9(14-6-3-7-24-14)16(22)19-12-4-2-5-13-10(12)8-11(15(18)21)17(23)20-13/h3,6-9,12H,2,4-5H2,1H3,(H2,18,21)(H,19,22)(H,20,23)/t9-,12-/m1/s1. The average Bonchev–Trinajstić information content (AvgIpc) is 3.07. The van der Waals surface area contributed by atoms with Crippen molar-refractivity contribution in [1.82, 2.24) is 10.3 Å². The van der Waals surface area contributed by atoms with E-state index in [9.17, 15) is 14.4 Å². The molecule has 0 spiro atoms. The normalized spacial score (nSPS) is 17.8. The van der Waals surface area contributed by atoms with E-state index in [-0.39, 0.29) is 23.4 Å². The van der Waals surface area contributed by atoms with Crippen molar-refractivity contribution in [2.24, 2.45) is 5.73 Å². The highest BCUT2D eigenvalue weighted by atomic mass is 32.1. The Labute approximate surface area is 143 Å². The van der Waals surface area contributed by atoms with Crippen LogP contribution in [0.3, 0.4) is 0 Å². The maximum Gasteiger partial charge on any atom is 0.261 e. The lowest BCUT2D eigenvalue weighted by Crippen LogP contribution is -2.35. The molecule has 1 aliphatic rings. The summed E-state index contributed by atoms with van der Waals surface area (Å²) in [5, 5.41) is 4.99. The van der Waals surface area contributed by atoms with Crippen molar-refractivity contribution in [3.05, 3.63) is 55.6 Å². The zero-order valence-electron chi connectivity index (χ0n) is 13.3. The number of aromatic amines is 1. The first kappa shape index (κ1) is 16.4. The highest BCUT2D eigenvalue weighted by Gasteiger charge is 2.26. The van der Waals surface area contributed by atoms with Gasteiger partial charge in [-0.15, -0.1) is 11.3 Å². The molecule has 0 unspecified atom stereocenters. The Morgan fingerprint density at radius 2 is 2.25 bits per heavy atom. The van der Waals surface area contributed by atoms with E-state index in [1.165, 1.54) is 6.07 Å². The van der Waals surface area contributed by atoms with E-state index >= 15 is 0 Å². The van der Waals surface area contributed by atoms with Gasteiger partial charge in [-0.2, -0.15) is 0 Å². The van der Waals surface area contributed by atoms with Crippen molar-refractivity contribution in [3.8, 4) is 0 Å². The molecule has 0 aromatic carbocycles. The number of primary amides is 1. The molecule has 0 saturated heterocycles. The zero-order chi connectivity index (χ0) is 17.3. The molecule has 24 heavy (non-hydrogen) atoms. The molecule has 2 heterocycles. The van der Waals surface area contributed by atoms with Crippen LogP contribution in [0.2, 0.25) is 0 Å². The predicted octanol–water partition coefficient (Wildman–Crippen LogP) is 1.83. The Morgan fingerprint density at radius 1 is 1.46 bits per heavy atom. The number of aryl methyl sites for hydroxylation is 1. The Bertz CT molecular complexity index is 826. The van der Waals surface area contributed by atoms with Crippen molar-refractivity contribution in [3.63, 3.8) is 0 Å². The van der Waals surface area contributed by atoms with E-state index in [0.717, 1.165) is 35.4 Å². The number of pyridine rings is 1. The third-order valence-corrected chi connectivity index (χ3v) is 5.45. The van der Waals surface area contributed by atoms with Gasteiger partial charge in [-0.25, -0.2) is 0 Å². The molecular formula is C17H19N3O3S. The number of hydrogen-bond donors (Lipinski definition) is 3. The molecule has 2 atom stereocenters. The van der Waals surface area contributed by atoms with E-state index in [4.69, 9.17) is 5.73 Å². The second-order valence-corrected chi connectivity index (χ2v) is 6.98. The average molecular weight is 345 g/mol. The van der Waals surface area contributed by atoms with Crippen LogP contribution in [0, 0.1) is 0 Å². The molecule has 2 amide bonds. The van der Waals surface area contributed by atoms with Crippen LogP contribution in [0.5, 0.6) is 0 Å². The van der Waals surface area contributed by atoms with Crippen molar-refractivity contribution in [2.75, 3.05) is 0 Å². The summed E-state index contributed by atoms with van der Waals surface area (Å²) in [6, 6.07) is 5.16. The minimum absolute atomic E-state index is 0.0675. The Balaban J connectivity index is 1.86. The lowest BCUT2D eigenvalue weighted by atomic mass is 9.89. The zero-order valence-corrected chi connectivity index (χ0v) is 14.1. The molecule has 0 bridgehead atoms. The number of fused-ring (bicyclic) bond motifs is 1. The summed E-state index contributed by atoms with van der Waals surface area (Å²) in [4.78, 5) is 39.6. The Morgan fingerprint density at radius 3 is 2.92 bits per heavy atom. The Hall–Kier alpha value is -2.41. The van der Waals surface area contributed by atoms with Gasteiger partial charge in [-0.05, 0) is 49.3 Å². The van der Waals surface area contributed by atoms with Crippen LogP contribution in [0.15, 0.2) is 28.4 Å².